The second-order valence-electron chi connectivity index (χ2n) is 3.79. The Morgan fingerprint density at radius 3 is 2.79 bits per heavy atom. The van der Waals surface area contributed by atoms with Crippen LogP contribution in [0.5, 0.6) is 0 Å². The summed E-state index contributed by atoms with van der Waals surface area (Å²) in [7, 11) is 1.21. The molecule has 7 heteroatoms. The summed E-state index contributed by atoms with van der Waals surface area (Å²) >= 11 is 3.30. The van der Waals surface area contributed by atoms with E-state index in [4.69, 9.17) is 0 Å². The lowest BCUT2D eigenvalue weighted by Crippen LogP contribution is -2.24. The van der Waals surface area contributed by atoms with E-state index in [1.807, 2.05) is 0 Å². The number of carbonyl (C=O) groups is 1. The largest absolute Gasteiger partial charge is 0.464 e. The molecule has 2 aromatic rings. The maximum Gasteiger partial charge on any atom is 0.362 e. The standard InChI is InChI=1S/C12H10BrN3O3/c1-7-6-16(9-3-8(13)4-14-5-9)15-10(11(7)17)12(18)19-2/h3-6H,1-2H3. The number of methoxy groups -OCH3 is 1. The van der Waals surface area contributed by atoms with Crippen molar-refractivity contribution in [1.29, 1.82) is 0 Å². The molecule has 0 atom stereocenters. The maximum absolute atomic E-state index is 11.8. The molecular formula is C12H10BrN3O3. The summed E-state index contributed by atoms with van der Waals surface area (Å²) in [6, 6.07) is 1.77. The van der Waals surface area contributed by atoms with Gasteiger partial charge in [-0.25, -0.2) is 9.48 Å². The molecular weight excluding hydrogens is 314 g/mol. The number of nitrogens with zero attached hydrogens (tertiary/aromatic N) is 3. The number of ether oxygens (including phenoxy) is 1. The molecule has 0 aromatic carbocycles. The van der Waals surface area contributed by atoms with Crippen LogP contribution in [0, 0.1) is 6.92 Å². The van der Waals surface area contributed by atoms with Crippen LogP contribution in [0.4, 0.5) is 0 Å². The van der Waals surface area contributed by atoms with Gasteiger partial charge in [-0.2, -0.15) is 5.10 Å². The van der Waals surface area contributed by atoms with Gasteiger partial charge in [0, 0.05) is 22.4 Å². The first-order valence-corrected chi connectivity index (χ1v) is 6.12. The summed E-state index contributed by atoms with van der Waals surface area (Å²) < 4.78 is 6.73. The number of carbonyl (C=O) groups excluding carboxylic acids is 1. The van der Waals surface area contributed by atoms with Crippen molar-refractivity contribution in [3.8, 4) is 5.69 Å². The minimum atomic E-state index is -0.759. The molecule has 0 aliphatic rings. The van der Waals surface area contributed by atoms with Crippen LogP contribution < -0.4 is 5.43 Å². The zero-order chi connectivity index (χ0) is 14.0. The first-order valence-electron chi connectivity index (χ1n) is 5.32. The number of hydrogen-bond acceptors (Lipinski definition) is 5. The highest BCUT2D eigenvalue weighted by Gasteiger charge is 2.16. The molecule has 0 spiro atoms. The Bertz CT molecular complexity index is 697. The molecule has 19 heavy (non-hydrogen) atoms. The highest BCUT2D eigenvalue weighted by atomic mass is 79.9. The average Bonchev–Trinajstić information content (AvgIpc) is 2.40. The number of aryl methyl sites for hydroxylation is 1. The van der Waals surface area contributed by atoms with E-state index in [9.17, 15) is 9.59 Å². The van der Waals surface area contributed by atoms with Crippen LogP contribution in [0.25, 0.3) is 5.69 Å². The fourth-order valence-corrected chi connectivity index (χ4v) is 1.85. The lowest BCUT2D eigenvalue weighted by Gasteiger charge is -2.08. The van der Waals surface area contributed by atoms with Gasteiger partial charge in [-0.15, -0.1) is 0 Å². The third-order valence-electron chi connectivity index (χ3n) is 2.43. The Hall–Kier alpha value is -2.02. The molecule has 2 aromatic heterocycles. The van der Waals surface area contributed by atoms with Gasteiger partial charge < -0.3 is 4.74 Å². The van der Waals surface area contributed by atoms with Gasteiger partial charge in [0.15, 0.2) is 0 Å². The Labute approximate surface area is 117 Å². The van der Waals surface area contributed by atoms with E-state index in [1.165, 1.54) is 18.0 Å². The molecule has 0 bridgehead atoms. The van der Waals surface area contributed by atoms with Crippen molar-refractivity contribution in [2.75, 3.05) is 7.11 Å². The number of esters is 1. The molecule has 0 fully saturated rings. The van der Waals surface area contributed by atoms with Crippen molar-refractivity contribution in [3.63, 3.8) is 0 Å². The second-order valence-corrected chi connectivity index (χ2v) is 4.70. The lowest BCUT2D eigenvalue weighted by molar-refractivity contribution is 0.0590. The van der Waals surface area contributed by atoms with Gasteiger partial charge in [0.25, 0.3) is 0 Å². The Kier molecular flexibility index (Phi) is 3.75. The maximum atomic E-state index is 11.8. The first kappa shape index (κ1) is 13.4. The number of aromatic nitrogens is 3. The van der Waals surface area contributed by atoms with Gasteiger partial charge in [0.1, 0.15) is 0 Å². The quantitative estimate of drug-likeness (QED) is 0.783. The molecule has 0 aliphatic heterocycles. The van der Waals surface area contributed by atoms with Crippen molar-refractivity contribution in [1.82, 2.24) is 14.8 Å². The predicted octanol–water partition coefficient (Wildman–Crippen LogP) is 1.49. The number of pyridine rings is 1. The van der Waals surface area contributed by atoms with E-state index < -0.39 is 11.4 Å². The van der Waals surface area contributed by atoms with E-state index in [-0.39, 0.29) is 5.69 Å². The number of halogens is 1. The lowest BCUT2D eigenvalue weighted by atomic mass is 10.2. The van der Waals surface area contributed by atoms with Crippen LogP contribution in [-0.4, -0.2) is 27.8 Å². The van der Waals surface area contributed by atoms with E-state index in [0.717, 1.165) is 4.47 Å². The van der Waals surface area contributed by atoms with Gasteiger partial charge in [0.2, 0.25) is 11.1 Å². The van der Waals surface area contributed by atoms with Crippen molar-refractivity contribution in [2.24, 2.45) is 0 Å². The van der Waals surface area contributed by atoms with Gasteiger partial charge in [-0.05, 0) is 28.9 Å². The van der Waals surface area contributed by atoms with Crippen LogP contribution in [-0.2, 0) is 4.74 Å². The van der Waals surface area contributed by atoms with Gasteiger partial charge in [-0.1, -0.05) is 0 Å². The Morgan fingerprint density at radius 1 is 1.42 bits per heavy atom. The summed E-state index contributed by atoms with van der Waals surface area (Å²) in [6.07, 6.45) is 4.74. The fraction of sp³-hybridized carbons (Fsp3) is 0.167. The minimum absolute atomic E-state index is 0.248. The first-order chi connectivity index (χ1) is 9.02. The Morgan fingerprint density at radius 2 is 2.16 bits per heavy atom. The van der Waals surface area contributed by atoms with Crippen molar-refractivity contribution >= 4 is 21.9 Å². The van der Waals surface area contributed by atoms with Crippen molar-refractivity contribution in [2.45, 2.75) is 6.92 Å². The molecule has 0 radical (unpaired) electrons. The summed E-state index contributed by atoms with van der Waals surface area (Å²) in [5.41, 5.74) is 0.339. The summed E-state index contributed by atoms with van der Waals surface area (Å²) in [5, 5.41) is 3.98. The molecule has 0 saturated heterocycles. The van der Waals surface area contributed by atoms with Crippen LogP contribution >= 0.6 is 15.9 Å². The third kappa shape index (κ3) is 2.70. The summed E-state index contributed by atoms with van der Waals surface area (Å²) in [4.78, 5) is 27.3. The molecule has 0 saturated carbocycles. The van der Waals surface area contributed by atoms with Crippen LogP contribution in [0.15, 0.2) is 33.9 Å². The van der Waals surface area contributed by atoms with Crippen LogP contribution in [0.1, 0.15) is 16.1 Å². The van der Waals surface area contributed by atoms with Crippen LogP contribution in [0.2, 0.25) is 0 Å². The van der Waals surface area contributed by atoms with E-state index in [0.29, 0.717) is 11.3 Å². The van der Waals surface area contributed by atoms with Gasteiger partial charge in [-0.3, -0.25) is 9.78 Å². The Balaban J connectivity index is 2.63. The molecule has 0 N–H and O–H groups in total. The zero-order valence-electron chi connectivity index (χ0n) is 10.3. The molecule has 0 unspecified atom stereocenters. The second kappa shape index (κ2) is 5.31. The summed E-state index contributed by atoms with van der Waals surface area (Å²) in [5.74, 6) is -0.759. The van der Waals surface area contributed by atoms with Gasteiger partial charge >= 0.3 is 5.97 Å². The fourth-order valence-electron chi connectivity index (χ4n) is 1.50. The van der Waals surface area contributed by atoms with E-state index in [1.54, 1.807) is 25.4 Å². The normalized spacial score (nSPS) is 10.3. The molecule has 98 valence electrons. The van der Waals surface area contributed by atoms with Crippen molar-refractivity contribution < 1.29 is 9.53 Å². The highest BCUT2D eigenvalue weighted by Crippen LogP contribution is 2.12. The van der Waals surface area contributed by atoms with Crippen molar-refractivity contribution in [3.05, 3.63) is 50.6 Å². The molecule has 2 heterocycles. The molecule has 0 amide bonds. The predicted molar refractivity (Wildman–Crippen MR) is 71.4 cm³/mol. The number of rotatable bonds is 2. The topological polar surface area (TPSA) is 74.1 Å². The minimum Gasteiger partial charge on any atom is -0.464 e. The zero-order valence-corrected chi connectivity index (χ0v) is 11.8. The van der Waals surface area contributed by atoms with Gasteiger partial charge in [0.05, 0.1) is 19.0 Å². The summed E-state index contributed by atoms with van der Waals surface area (Å²) in [6.45, 7) is 1.61. The molecule has 0 aliphatic carbocycles. The average molecular weight is 324 g/mol. The number of hydrogen-bond donors (Lipinski definition) is 0. The van der Waals surface area contributed by atoms with E-state index in [2.05, 4.69) is 30.7 Å². The SMILES string of the molecule is COC(=O)c1nn(-c2cncc(Br)c2)cc(C)c1=O. The smallest absolute Gasteiger partial charge is 0.362 e. The monoisotopic (exact) mass is 323 g/mol. The molecule has 2 rings (SSSR count). The third-order valence-corrected chi connectivity index (χ3v) is 2.86. The van der Waals surface area contributed by atoms with E-state index >= 15 is 0 Å². The highest BCUT2D eigenvalue weighted by molar-refractivity contribution is 9.10. The molecule has 6 nitrogen and oxygen atoms in total. The van der Waals surface area contributed by atoms with Crippen LogP contribution in [0.3, 0.4) is 0 Å².